The van der Waals surface area contributed by atoms with Gasteiger partial charge in [0.05, 0.1) is 5.60 Å². The number of rotatable bonds is 5. The van der Waals surface area contributed by atoms with Crippen LogP contribution in [0.5, 0.6) is 0 Å². The summed E-state index contributed by atoms with van der Waals surface area (Å²) in [5.41, 5.74) is 3.29. The molecule has 0 bridgehead atoms. The highest BCUT2D eigenvalue weighted by atomic mass is 16.5. The second-order valence-corrected chi connectivity index (χ2v) is 6.63. The maximum Gasteiger partial charge on any atom is 0.273 e. The van der Waals surface area contributed by atoms with Gasteiger partial charge in [-0.25, -0.2) is 0 Å². The molecule has 0 fully saturated rings. The molecule has 0 spiro atoms. The van der Waals surface area contributed by atoms with E-state index in [1.54, 1.807) is 13.2 Å². The number of ether oxygens (including phenoxy) is 1. The number of fused-ring (bicyclic) bond motifs is 1. The Bertz CT molecular complexity index is 893. The average molecular weight is 348 g/mol. The largest absolute Gasteiger partial charge is 0.376 e. The molecule has 3 aromatic rings. The fourth-order valence-electron chi connectivity index (χ4n) is 3.45. The van der Waals surface area contributed by atoms with Crippen LogP contribution in [0.1, 0.15) is 21.6 Å². The van der Waals surface area contributed by atoms with Crippen molar-refractivity contribution in [2.45, 2.75) is 18.4 Å². The summed E-state index contributed by atoms with van der Waals surface area (Å²) in [6.45, 7) is 0.421. The molecule has 0 saturated heterocycles. The van der Waals surface area contributed by atoms with Crippen molar-refractivity contribution in [2.24, 2.45) is 0 Å². The number of aromatic nitrogens is 1. The molecule has 1 aliphatic rings. The fraction of sp³-hybridized carbons (Fsp3) is 0.238. The molecule has 5 nitrogen and oxygen atoms in total. The van der Waals surface area contributed by atoms with Gasteiger partial charge < -0.3 is 14.6 Å². The zero-order valence-electron chi connectivity index (χ0n) is 14.6. The Kier molecular flexibility index (Phi) is 4.31. The third-order valence-corrected chi connectivity index (χ3v) is 4.95. The van der Waals surface area contributed by atoms with Crippen LogP contribution < -0.4 is 5.32 Å². The summed E-state index contributed by atoms with van der Waals surface area (Å²) in [7, 11) is 1.70. The van der Waals surface area contributed by atoms with Crippen LogP contribution in [-0.2, 0) is 17.6 Å². The molecule has 1 heterocycles. The number of amides is 1. The molecule has 0 saturated carbocycles. The maximum atomic E-state index is 12.5. The molecule has 132 valence electrons. The summed E-state index contributed by atoms with van der Waals surface area (Å²) in [5.74, 6) is 0.314. The van der Waals surface area contributed by atoms with Gasteiger partial charge in [-0.15, -0.1) is 0 Å². The molecule has 1 amide bonds. The Labute approximate surface area is 152 Å². The molecule has 1 aromatic heterocycles. The summed E-state index contributed by atoms with van der Waals surface area (Å²) >= 11 is 0. The van der Waals surface area contributed by atoms with Gasteiger partial charge >= 0.3 is 0 Å². The van der Waals surface area contributed by atoms with E-state index in [9.17, 15) is 4.79 Å². The molecular formula is C21H20N2O3. The van der Waals surface area contributed by atoms with Crippen LogP contribution in [-0.4, -0.2) is 30.3 Å². The summed E-state index contributed by atoms with van der Waals surface area (Å²) in [6, 6.07) is 19.5. The normalized spacial score (nSPS) is 14.8. The Hall–Kier alpha value is -2.92. The van der Waals surface area contributed by atoms with E-state index >= 15 is 0 Å². The lowest BCUT2D eigenvalue weighted by molar-refractivity contribution is 0.000110. The molecule has 2 aromatic carbocycles. The lowest BCUT2D eigenvalue weighted by atomic mass is 10.00. The molecule has 0 atom stereocenters. The van der Waals surface area contributed by atoms with Crippen molar-refractivity contribution in [2.75, 3.05) is 13.7 Å². The van der Waals surface area contributed by atoms with Crippen LogP contribution >= 0.6 is 0 Å². The van der Waals surface area contributed by atoms with Crippen molar-refractivity contribution < 1.29 is 14.1 Å². The lowest BCUT2D eigenvalue weighted by Gasteiger charge is -2.27. The number of hydrogen-bond donors (Lipinski definition) is 1. The van der Waals surface area contributed by atoms with E-state index < -0.39 is 5.60 Å². The highest BCUT2D eigenvalue weighted by molar-refractivity contribution is 5.93. The summed E-state index contributed by atoms with van der Waals surface area (Å²) in [5, 5.41) is 6.84. The highest BCUT2D eigenvalue weighted by Gasteiger charge is 2.37. The van der Waals surface area contributed by atoms with Crippen LogP contribution in [0.25, 0.3) is 11.3 Å². The van der Waals surface area contributed by atoms with Gasteiger partial charge in [0, 0.05) is 38.1 Å². The van der Waals surface area contributed by atoms with E-state index in [-0.39, 0.29) is 11.6 Å². The number of methoxy groups -OCH3 is 1. The van der Waals surface area contributed by atoms with Gasteiger partial charge in [0.25, 0.3) is 5.91 Å². The first kappa shape index (κ1) is 16.5. The topological polar surface area (TPSA) is 64.4 Å². The smallest absolute Gasteiger partial charge is 0.273 e. The minimum absolute atomic E-state index is 0.261. The first-order chi connectivity index (χ1) is 12.7. The van der Waals surface area contributed by atoms with Crippen LogP contribution in [0, 0.1) is 0 Å². The Morgan fingerprint density at radius 3 is 2.42 bits per heavy atom. The Morgan fingerprint density at radius 2 is 1.77 bits per heavy atom. The van der Waals surface area contributed by atoms with Gasteiger partial charge in [-0.3, -0.25) is 4.79 Å². The van der Waals surface area contributed by atoms with Crippen LogP contribution in [0.3, 0.4) is 0 Å². The zero-order chi connectivity index (χ0) is 18.0. The number of nitrogens with one attached hydrogen (secondary N) is 1. The minimum atomic E-state index is -0.411. The minimum Gasteiger partial charge on any atom is -0.376 e. The third kappa shape index (κ3) is 3.13. The van der Waals surface area contributed by atoms with E-state index in [2.05, 4.69) is 22.6 Å². The van der Waals surface area contributed by atoms with Gasteiger partial charge in [-0.05, 0) is 11.1 Å². The highest BCUT2D eigenvalue weighted by Crippen LogP contribution is 2.32. The molecule has 1 aliphatic carbocycles. The Morgan fingerprint density at radius 1 is 1.12 bits per heavy atom. The number of carbonyl (C=O) groups is 1. The van der Waals surface area contributed by atoms with Crippen molar-refractivity contribution in [3.05, 3.63) is 77.5 Å². The number of nitrogens with zero attached hydrogens (tertiary/aromatic N) is 1. The fourth-order valence-corrected chi connectivity index (χ4v) is 3.45. The quantitative estimate of drug-likeness (QED) is 0.769. The molecule has 26 heavy (non-hydrogen) atoms. The molecule has 5 heteroatoms. The second-order valence-electron chi connectivity index (χ2n) is 6.63. The van der Waals surface area contributed by atoms with Crippen LogP contribution in [0.15, 0.2) is 65.2 Å². The van der Waals surface area contributed by atoms with Gasteiger partial charge in [0.2, 0.25) is 0 Å². The van der Waals surface area contributed by atoms with E-state index in [0.717, 1.165) is 18.4 Å². The molecule has 0 radical (unpaired) electrons. The number of carbonyl (C=O) groups excluding carboxylic acids is 1. The van der Waals surface area contributed by atoms with Crippen LogP contribution in [0.2, 0.25) is 0 Å². The third-order valence-electron chi connectivity index (χ3n) is 4.95. The molecule has 1 N–H and O–H groups in total. The lowest BCUT2D eigenvalue weighted by Crippen LogP contribution is -2.45. The van der Waals surface area contributed by atoms with E-state index in [0.29, 0.717) is 12.3 Å². The monoisotopic (exact) mass is 348 g/mol. The predicted molar refractivity (Wildman–Crippen MR) is 97.9 cm³/mol. The summed E-state index contributed by atoms with van der Waals surface area (Å²) in [6.07, 6.45) is 1.57. The average Bonchev–Trinajstić information content (AvgIpc) is 3.32. The second kappa shape index (κ2) is 6.77. The maximum absolute atomic E-state index is 12.5. The molecule has 0 unspecified atom stereocenters. The number of hydrogen-bond acceptors (Lipinski definition) is 4. The zero-order valence-corrected chi connectivity index (χ0v) is 14.6. The Balaban J connectivity index is 1.44. The van der Waals surface area contributed by atoms with Crippen molar-refractivity contribution in [1.29, 1.82) is 0 Å². The molecule has 4 rings (SSSR count). The van der Waals surface area contributed by atoms with Crippen molar-refractivity contribution in [3.63, 3.8) is 0 Å². The molecular weight excluding hydrogens is 328 g/mol. The van der Waals surface area contributed by atoms with Crippen molar-refractivity contribution >= 4 is 5.91 Å². The van der Waals surface area contributed by atoms with Gasteiger partial charge in [0.1, 0.15) is 0 Å². The van der Waals surface area contributed by atoms with E-state index in [4.69, 9.17) is 9.26 Å². The standard InChI is InChI=1S/C21H20N2O3/c1-25-21(12-16-9-5-6-10-17(16)13-21)14-22-20(24)18-11-19(26-23-18)15-7-3-2-4-8-15/h2-11H,12-14H2,1H3,(H,22,24). The van der Waals surface area contributed by atoms with Gasteiger partial charge in [-0.2, -0.15) is 0 Å². The van der Waals surface area contributed by atoms with Crippen molar-refractivity contribution in [1.82, 2.24) is 10.5 Å². The SMILES string of the molecule is COC1(CNC(=O)c2cc(-c3ccccc3)on2)Cc2ccccc2C1. The predicted octanol–water partition coefficient (Wildman–Crippen LogP) is 3.26. The van der Waals surface area contributed by atoms with E-state index in [1.165, 1.54) is 11.1 Å². The number of benzene rings is 2. The summed E-state index contributed by atoms with van der Waals surface area (Å²) in [4.78, 5) is 12.5. The van der Waals surface area contributed by atoms with Gasteiger partial charge in [0.15, 0.2) is 11.5 Å². The molecule has 0 aliphatic heterocycles. The van der Waals surface area contributed by atoms with E-state index in [1.807, 2.05) is 42.5 Å². The van der Waals surface area contributed by atoms with Crippen LogP contribution in [0.4, 0.5) is 0 Å². The van der Waals surface area contributed by atoms with Gasteiger partial charge in [-0.1, -0.05) is 59.8 Å². The first-order valence-corrected chi connectivity index (χ1v) is 8.61. The van der Waals surface area contributed by atoms with Crippen molar-refractivity contribution in [3.8, 4) is 11.3 Å². The summed E-state index contributed by atoms with van der Waals surface area (Å²) < 4.78 is 11.1. The first-order valence-electron chi connectivity index (χ1n) is 8.61.